The zero-order chi connectivity index (χ0) is 24.5. The first-order valence-corrected chi connectivity index (χ1v) is 11.7. The number of hydrogen-bond donors (Lipinski definition) is 1. The molecule has 1 heterocycles. The van der Waals surface area contributed by atoms with Gasteiger partial charge in [0.05, 0.1) is 5.92 Å². The molecule has 2 amide bonds. The van der Waals surface area contributed by atoms with Crippen molar-refractivity contribution in [2.24, 2.45) is 5.92 Å². The largest absolute Gasteiger partial charge is 0.457 e. The van der Waals surface area contributed by atoms with Gasteiger partial charge in [-0.2, -0.15) is 0 Å². The van der Waals surface area contributed by atoms with Gasteiger partial charge in [-0.05, 0) is 78.4 Å². The van der Waals surface area contributed by atoms with Crippen LogP contribution in [-0.2, 0) is 15.0 Å². The van der Waals surface area contributed by atoms with Crippen LogP contribution in [0.5, 0.6) is 11.5 Å². The molecular weight excluding hydrogens is 424 g/mol. The van der Waals surface area contributed by atoms with Crippen LogP contribution >= 0.6 is 0 Å². The van der Waals surface area contributed by atoms with Crippen LogP contribution < -0.4 is 15.0 Å². The number of benzene rings is 3. The molecule has 3 aromatic rings. The average Bonchev–Trinajstić information content (AvgIpc) is 3.18. The van der Waals surface area contributed by atoms with E-state index in [1.807, 2.05) is 68.4 Å². The number of carbonyl (C=O) groups is 2. The highest BCUT2D eigenvalue weighted by Gasteiger charge is 2.35. The minimum absolute atomic E-state index is 0.0184. The van der Waals surface area contributed by atoms with Gasteiger partial charge in [-0.25, -0.2) is 0 Å². The Morgan fingerprint density at radius 2 is 1.56 bits per heavy atom. The van der Waals surface area contributed by atoms with Crippen LogP contribution in [0.3, 0.4) is 0 Å². The van der Waals surface area contributed by atoms with Gasteiger partial charge >= 0.3 is 0 Å². The molecule has 1 N–H and O–H groups in total. The molecule has 0 spiro atoms. The summed E-state index contributed by atoms with van der Waals surface area (Å²) < 4.78 is 5.94. The second kappa shape index (κ2) is 9.34. The number of anilines is 2. The number of ether oxygens (including phenoxy) is 1. The molecule has 1 aliphatic heterocycles. The van der Waals surface area contributed by atoms with Crippen LogP contribution in [0, 0.1) is 19.8 Å². The van der Waals surface area contributed by atoms with Crippen molar-refractivity contribution in [2.45, 2.75) is 46.5 Å². The average molecular weight is 457 g/mol. The maximum absolute atomic E-state index is 12.9. The fourth-order valence-electron chi connectivity index (χ4n) is 4.14. The van der Waals surface area contributed by atoms with Crippen molar-refractivity contribution in [3.63, 3.8) is 0 Å². The molecule has 1 fully saturated rings. The van der Waals surface area contributed by atoms with Crippen molar-refractivity contribution in [1.29, 1.82) is 0 Å². The zero-order valence-corrected chi connectivity index (χ0v) is 20.5. The summed E-state index contributed by atoms with van der Waals surface area (Å²) >= 11 is 0. The predicted molar refractivity (Wildman–Crippen MR) is 137 cm³/mol. The highest BCUT2D eigenvalue weighted by atomic mass is 16.5. The maximum atomic E-state index is 12.9. The Morgan fingerprint density at radius 3 is 2.18 bits per heavy atom. The molecule has 0 saturated carbocycles. The van der Waals surface area contributed by atoms with E-state index in [0.29, 0.717) is 18.0 Å². The first-order valence-electron chi connectivity index (χ1n) is 11.7. The SMILES string of the molecule is Cc1ccc(C)c(N2C[C@@H](C(=O)Nc3ccc(Oc4ccc(C(C)(C)C)cc4)cc3)CC2=O)c1. The summed E-state index contributed by atoms with van der Waals surface area (Å²) in [6.07, 6.45) is 0.213. The standard InChI is InChI=1S/C29H32N2O3/c1-19-6-7-20(2)26(16-19)31-18-21(17-27(31)32)28(33)30-23-10-14-25(15-11-23)34-24-12-8-22(9-13-24)29(3,4)5/h6-16,21H,17-18H2,1-5H3,(H,30,33)/t21-/m0/s1. The van der Waals surface area contributed by atoms with Gasteiger partial charge in [0.1, 0.15) is 11.5 Å². The predicted octanol–water partition coefficient (Wildman–Crippen LogP) is 6.38. The fourth-order valence-corrected chi connectivity index (χ4v) is 4.14. The molecule has 0 unspecified atom stereocenters. The first kappa shape index (κ1) is 23.6. The Morgan fingerprint density at radius 1 is 0.941 bits per heavy atom. The topological polar surface area (TPSA) is 58.6 Å². The highest BCUT2D eigenvalue weighted by molar-refractivity contribution is 6.03. The Hall–Kier alpha value is -3.60. The maximum Gasteiger partial charge on any atom is 0.229 e. The lowest BCUT2D eigenvalue weighted by atomic mass is 9.87. The minimum atomic E-state index is -0.385. The molecule has 1 aliphatic rings. The first-order chi connectivity index (χ1) is 16.1. The fraction of sp³-hybridized carbons (Fsp3) is 0.310. The highest BCUT2D eigenvalue weighted by Crippen LogP contribution is 2.30. The molecule has 0 aliphatic carbocycles. The molecule has 34 heavy (non-hydrogen) atoms. The van der Waals surface area contributed by atoms with Gasteiger partial charge < -0.3 is 15.0 Å². The van der Waals surface area contributed by atoms with E-state index in [-0.39, 0.29) is 29.6 Å². The monoisotopic (exact) mass is 456 g/mol. The number of aryl methyl sites for hydroxylation is 2. The molecule has 1 atom stereocenters. The molecular formula is C29H32N2O3. The van der Waals surface area contributed by atoms with Gasteiger partial charge in [0.2, 0.25) is 11.8 Å². The minimum Gasteiger partial charge on any atom is -0.457 e. The van der Waals surface area contributed by atoms with Crippen LogP contribution in [0.4, 0.5) is 11.4 Å². The molecule has 5 nitrogen and oxygen atoms in total. The number of nitrogens with zero attached hydrogens (tertiary/aromatic N) is 1. The van der Waals surface area contributed by atoms with Crippen LogP contribution in [0.25, 0.3) is 0 Å². The van der Waals surface area contributed by atoms with E-state index in [9.17, 15) is 9.59 Å². The Labute approximate surface area is 201 Å². The molecule has 4 rings (SSSR count). The van der Waals surface area contributed by atoms with E-state index >= 15 is 0 Å². The van der Waals surface area contributed by atoms with Crippen LogP contribution in [0.2, 0.25) is 0 Å². The van der Waals surface area contributed by atoms with Crippen molar-refractivity contribution in [3.8, 4) is 11.5 Å². The third-order valence-corrected chi connectivity index (χ3v) is 6.23. The van der Waals surface area contributed by atoms with Crippen molar-refractivity contribution >= 4 is 23.2 Å². The lowest BCUT2D eigenvalue weighted by Gasteiger charge is -2.20. The summed E-state index contributed by atoms with van der Waals surface area (Å²) in [6.45, 7) is 10.9. The zero-order valence-electron chi connectivity index (χ0n) is 20.5. The Kier molecular flexibility index (Phi) is 6.47. The van der Waals surface area contributed by atoms with E-state index in [1.165, 1.54) is 5.56 Å². The summed E-state index contributed by atoms with van der Waals surface area (Å²) in [7, 11) is 0. The van der Waals surface area contributed by atoms with Gasteiger partial charge in [0, 0.05) is 24.3 Å². The lowest BCUT2D eigenvalue weighted by molar-refractivity contribution is -0.122. The molecule has 0 bridgehead atoms. The summed E-state index contributed by atoms with van der Waals surface area (Å²) in [4.78, 5) is 27.2. The number of amides is 2. The van der Waals surface area contributed by atoms with Gasteiger partial charge in [0.25, 0.3) is 0 Å². The summed E-state index contributed by atoms with van der Waals surface area (Å²) in [5.41, 5.74) is 5.03. The molecule has 0 aromatic heterocycles. The van der Waals surface area contributed by atoms with Crippen molar-refractivity contribution in [2.75, 3.05) is 16.8 Å². The second-order valence-corrected chi connectivity index (χ2v) is 10.1. The van der Waals surface area contributed by atoms with Crippen LogP contribution in [0.1, 0.15) is 43.9 Å². The molecule has 0 radical (unpaired) electrons. The van der Waals surface area contributed by atoms with Crippen molar-refractivity contribution in [3.05, 3.63) is 83.4 Å². The number of hydrogen-bond acceptors (Lipinski definition) is 3. The van der Waals surface area contributed by atoms with Gasteiger partial charge in [-0.3, -0.25) is 9.59 Å². The van der Waals surface area contributed by atoms with E-state index in [0.717, 1.165) is 22.6 Å². The smallest absolute Gasteiger partial charge is 0.229 e. The summed E-state index contributed by atoms with van der Waals surface area (Å²) in [5, 5.41) is 2.94. The molecule has 176 valence electrons. The normalized spacial score (nSPS) is 16.0. The van der Waals surface area contributed by atoms with Gasteiger partial charge in [0.15, 0.2) is 0 Å². The Bertz CT molecular complexity index is 1190. The molecule has 3 aromatic carbocycles. The van der Waals surface area contributed by atoms with E-state index in [2.05, 4.69) is 38.2 Å². The van der Waals surface area contributed by atoms with Gasteiger partial charge in [-0.15, -0.1) is 0 Å². The van der Waals surface area contributed by atoms with Crippen LogP contribution in [-0.4, -0.2) is 18.4 Å². The van der Waals surface area contributed by atoms with Crippen molar-refractivity contribution in [1.82, 2.24) is 0 Å². The van der Waals surface area contributed by atoms with Crippen molar-refractivity contribution < 1.29 is 14.3 Å². The third kappa shape index (κ3) is 5.30. The second-order valence-electron chi connectivity index (χ2n) is 10.1. The third-order valence-electron chi connectivity index (χ3n) is 6.23. The molecule has 5 heteroatoms. The lowest BCUT2D eigenvalue weighted by Crippen LogP contribution is -2.28. The number of carbonyl (C=O) groups excluding carboxylic acids is 2. The number of nitrogens with one attached hydrogen (secondary N) is 1. The van der Waals surface area contributed by atoms with Gasteiger partial charge in [-0.1, -0.05) is 45.0 Å². The van der Waals surface area contributed by atoms with E-state index in [1.54, 1.807) is 4.90 Å². The van der Waals surface area contributed by atoms with E-state index in [4.69, 9.17) is 4.74 Å². The summed E-state index contributed by atoms with van der Waals surface area (Å²) in [5.74, 6) is 0.909. The number of rotatable bonds is 5. The summed E-state index contributed by atoms with van der Waals surface area (Å²) in [6, 6.07) is 21.4. The quantitative estimate of drug-likeness (QED) is 0.484. The Balaban J connectivity index is 1.36. The molecule has 1 saturated heterocycles. The van der Waals surface area contributed by atoms with E-state index < -0.39 is 0 Å². The van der Waals surface area contributed by atoms with Crippen LogP contribution in [0.15, 0.2) is 66.7 Å².